The van der Waals surface area contributed by atoms with E-state index >= 15 is 0 Å². The molecule has 1 aliphatic heterocycles. The molecule has 0 spiro atoms. The van der Waals surface area contributed by atoms with E-state index in [1.807, 2.05) is 0 Å². The minimum Gasteiger partial charge on any atom is -0.384 e. The first-order valence-corrected chi connectivity index (χ1v) is 6.57. The van der Waals surface area contributed by atoms with Crippen LogP contribution in [-0.4, -0.2) is 20.3 Å². The number of benzene rings is 1. The molecule has 0 bridgehead atoms. The summed E-state index contributed by atoms with van der Waals surface area (Å²) in [6.07, 6.45) is 2.43. The molecule has 1 heterocycles. The third kappa shape index (κ3) is 2.84. The maximum absolute atomic E-state index is 5.20. The van der Waals surface area contributed by atoms with Crippen molar-refractivity contribution in [1.82, 2.24) is 5.32 Å². The maximum atomic E-state index is 5.20. The summed E-state index contributed by atoms with van der Waals surface area (Å²) < 4.78 is 6.40. The summed E-state index contributed by atoms with van der Waals surface area (Å²) in [5.41, 5.74) is 1.37. The lowest BCUT2D eigenvalue weighted by Gasteiger charge is -2.30. The van der Waals surface area contributed by atoms with E-state index in [9.17, 15) is 0 Å². The van der Waals surface area contributed by atoms with Crippen LogP contribution in [0.25, 0.3) is 0 Å². The Labute approximate surface area is 106 Å². The van der Waals surface area contributed by atoms with Gasteiger partial charge in [-0.15, -0.1) is 0 Å². The lowest BCUT2D eigenvalue weighted by molar-refractivity contribution is 0.129. The van der Waals surface area contributed by atoms with Gasteiger partial charge >= 0.3 is 0 Å². The van der Waals surface area contributed by atoms with Crippen molar-refractivity contribution in [2.75, 3.05) is 20.3 Å². The minimum absolute atomic E-state index is 0.490. The van der Waals surface area contributed by atoms with Gasteiger partial charge < -0.3 is 10.1 Å². The topological polar surface area (TPSA) is 21.3 Å². The van der Waals surface area contributed by atoms with E-state index in [0.29, 0.717) is 12.0 Å². The summed E-state index contributed by atoms with van der Waals surface area (Å²) in [6, 6.07) is 8.95. The highest BCUT2D eigenvalue weighted by Crippen LogP contribution is 2.30. The molecule has 1 aromatic rings. The fourth-order valence-electron chi connectivity index (χ4n) is 2.32. The van der Waals surface area contributed by atoms with E-state index in [4.69, 9.17) is 4.74 Å². The van der Waals surface area contributed by atoms with Crippen molar-refractivity contribution in [1.29, 1.82) is 0 Å². The molecule has 2 nitrogen and oxygen atoms in total. The van der Waals surface area contributed by atoms with E-state index in [-0.39, 0.29) is 0 Å². The molecule has 0 aromatic heterocycles. The van der Waals surface area contributed by atoms with E-state index in [1.54, 1.807) is 7.11 Å². The Kier molecular flexibility index (Phi) is 4.38. The average molecular weight is 284 g/mol. The predicted molar refractivity (Wildman–Crippen MR) is 69.5 cm³/mol. The first kappa shape index (κ1) is 12.1. The van der Waals surface area contributed by atoms with Crippen molar-refractivity contribution < 1.29 is 4.74 Å². The van der Waals surface area contributed by atoms with Crippen LogP contribution in [0.2, 0.25) is 0 Å². The number of hydrogen-bond donors (Lipinski definition) is 1. The molecule has 2 unspecified atom stereocenters. The van der Waals surface area contributed by atoms with Crippen LogP contribution in [0.3, 0.4) is 0 Å². The number of hydrogen-bond acceptors (Lipinski definition) is 2. The molecule has 0 radical (unpaired) electrons. The Balaban J connectivity index is 1.96. The summed E-state index contributed by atoms with van der Waals surface area (Å²) in [6.45, 7) is 1.93. The van der Waals surface area contributed by atoms with Gasteiger partial charge in [0.25, 0.3) is 0 Å². The van der Waals surface area contributed by atoms with Crippen molar-refractivity contribution >= 4 is 15.9 Å². The predicted octanol–water partition coefficient (Wildman–Crippen LogP) is 3.14. The molecular formula is C13H18BrNO. The van der Waals surface area contributed by atoms with Crippen LogP contribution in [-0.2, 0) is 4.74 Å². The van der Waals surface area contributed by atoms with Gasteiger partial charge in [-0.1, -0.05) is 34.1 Å². The molecule has 0 saturated carbocycles. The zero-order chi connectivity index (χ0) is 11.4. The maximum Gasteiger partial charge on any atom is 0.0502 e. The van der Waals surface area contributed by atoms with E-state index in [2.05, 4.69) is 45.5 Å². The molecule has 1 saturated heterocycles. The molecule has 1 fully saturated rings. The number of halogens is 1. The molecule has 0 amide bonds. The molecule has 1 aliphatic rings. The summed E-state index contributed by atoms with van der Waals surface area (Å²) >= 11 is 3.61. The van der Waals surface area contributed by atoms with Gasteiger partial charge in [-0.2, -0.15) is 0 Å². The molecule has 16 heavy (non-hydrogen) atoms. The van der Waals surface area contributed by atoms with Crippen LogP contribution < -0.4 is 5.32 Å². The third-order valence-corrected chi connectivity index (χ3v) is 3.92. The lowest BCUT2D eigenvalue weighted by Crippen LogP contribution is -2.35. The second-order valence-electron chi connectivity index (χ2n) is 4.38. The van der Waals surface area contributed by atoms with E-state index in [1.165, 1.54) is 22.9 Å². The van der Waals surface area contributed by atoms with Gasteiger partial charge in [-0.05, 0) is 30.4 Å². The number of rotatable bonds is 3. The third-order valence-electron chi connectivity index (χ3n) is 3.20. The number of nitrogens with one attached hydrogen (secondary N) is 1. The van der Waals surface area contributed by atoms with E-state index < -0.39 is 0 Å². The highest BCUT2D eigenvalue weighted by atomic mass is 79.9. The van der Waals surface area contributed by atoms with Gasteiger partial charge in [0.2, 0.25) is 0 Å². The highest BCUT2D eigenvalue weighted by molar-refractivity contribution is 9.10. The van der Waals surface area contributed by atoms with Crippen LogP contribution in [0.4, 0.5) is 0 Å². The quantitative estimate of drug-likeness (QED) is 0.920. The molecule has 2 rings (SSSR count). The molecule has 1 N–H and O–H groups in total. The van der Waals surface area contributed by atoms with Crippen LogP contribution in [0.1, 0.15) is 24.4 Å². The number of ether oxygens (including phenoxy) is 1. The van der Waals surface area contributed by atoms with Crippen LogP contribution >= 0.6 is 15.9 Å². The van der Waals surface area contributed by atoms with Crippen molar-refractivity contribution in [2.45, 2.75) is 18.9 Å². The summed E-state index contributed by atoms with van der Waals surface area (Å²) in [5.74, 6) is 0.670. The largest absolute Gasteiger partial charge is 0.384 e. The number of methoxy groups -OCH3 is 1. The summed E-state index contributed by atoms with van der Waals surface area (Å²) in [4.78, 5) is 0. The second-order valence-corrected chi connectivity index (χ2v) is 5.24. The summed E-state index contributed by atoms with van der Waals surface area (Å²) in [5, 5.41) is 3.60. The minimum atomic E-state index is 0.490. The Hall–Kier alpha value is -0.380. The molecular weight excluding hydrogens is 266 g/mol. The molecule has 3 heteroatoms. The number of piperidine rings is 1. The SMILES string of the molecule is COCC1CCC(c2ccccc2Br)NC1. The van der Waals surface area contributed by atoms with Gasteiger partial charge in [0.05, 0.1) is 6.61 Å². The van der Waals surface area contributed by atoms with Crippen molar-refractivity contribution in [2.24, 2.45) is 5.92 Å². The van der Waals surface area contributed by atoms with Gasteiger partial charge in [-0.3, -0.25) is 0 Å². The second kappa shape index (κ2) is 5.80. The lowest BCUT2D eigenvalue weighted by atomic mass is 9.91. The van der Waals surface area contributed by atoms with Crippen LogP contribution in [0.5, 0.6) is 0 Å². The van der Waals surface area contributed by atoms with Gasteiger partial charge in [0, 0.05) is 24.2 Å². The van der Waals surface area contributed by atoms with Crippen LogP contribution in [0, 0.1) is 5.92 Å². The Bertz CT molecular complexity index is 334. The molecule has 2 atom stereocenters. The normalized spacial score (nSPS) is 25.6. The monoisotopic (exact) mass is 283 g/mol. The molecule has 0 aliphatic carbocycles. The van der Waals surface area contributed by atoms with Gasteiger partial charge in [0.1, 0.15) is 0 Å². The molecule has 88 valence electrons. The Morgan fingerprint density at radius 3 is 2.81 bits per heavy atom. The molecule has 1 aromatic carbocycles. The summed E-state index contributed by atoms with van der Waals surface area (Å²) in [7, 11) is 1.78. The first-order valence-electron chi connectivity index (χ1n) is 5.78. The zero-order valence-corrected chi connectivity index (χ0v) is 11.2. The van der Waals surface area contributed by atoms with Crippen molar-refractivity contribution in [3.63, 3.8) is 0 Å². The van der Waals surface area contributed by atoms with Crippen molar-refractivity contribution in [3.05, 3.63) is 34.3 Å². The zero-order valence-electron chi connectivity index (χ0n) is 9.58. The Morgan fingerprint density at radius 2 is 2.19 bits per heavy atom. The average Bonchev–Trinajstić information content (AvgIpc) is 2.31. The van der Waals surface area contributed by atoms with Crippen LogP contribution in [0.15, 0.2) is 28.7 Å². The fraction of sp³-hybridized carbons (Fsp3) is 0.538. The van der Waals surface area contributed by atoms with E-state index in [0.717, 1.165) is 13.2 Å². The highest BCUT2D eigenvalue weighted by Gasteiger charge is 2.22. The smallest absolute Gasteiger partial charge is 0.0502 e. The van der Waals surface area contributed by atoms with Crippen molar-refractivity contribution in [3.8, 4) is 0 Å². The first-order chi connectivity index (χ1) is 7.81. The Morgan fingerprint density at radius 1 is 1.38 bits per heavy atom. The van der Waals surface area contributed by atoms with Gasteiger partial charge in [0.15, 0.2) is 0 Å². The van der Waals surface area contributed by atoms with Gasteiger partial charge in [-0.25, -0.2) is 0 Å². The fourth-order valence-corrected chi connectivity index (χ4v) is 2.88. The standard InChI is InChI=1S/C13H18BrNO/c1-16-9-10-6-7-13(15-8-10)11-4-2-3-5-12(11)14/h2-5,10,13,15H,6-9H2,1H3.